The zero-order chi connectivity index (χ0) is 7.56. The van der Waals surface area contributed by atoms with E-state index in [0.29, 0.717) is 5.02 Å². The van der Waals surface area contributed by atoms with Crippen LogP contribution < -0.4 is 0 Å². The van der Waals surface area contributed by atoms with Gasteiger partial charge in [-0.1, -0.05) is 11.6 Å². The largest absolute Gasteiger partial charge is 0.285 e. The van der Waals surface area contributed by atoms with Crippen LogP contribution in [0.25, 0.3) is 0 Å². The first kappa shape index (κ1) is 7.22. The zero-order valence-corrected chi connectivity index (χ0v) is 5.65. The maximum absolute atomic E-state index is 12.4. The van der Waals surface area contributed by atoms with E-state index in [1.807, 2.05) is 0 Å². The third-order valence-electron chi connectivity index (χ3n) is 1.04. The molecule has 0 bridgehead atoms. The highest BCUT2D eigenvalue weighted by Crippen LogP contribution is 2.12. The SMILES string of the molecule is O=[C]c1cc(Cl)ccc1F. The lowest BCUT2D eigenvalue weighted by Crippen LogP contribution is -1.85. The second-order valence-corrected chi connectivity index (χ2v) is 2.16. The van der Waals surface area contributed by atoms with Gasteiger partial charge in [0.15, 0.2) is 0 Å². The van der Waals surface area contributed by atoms with Gasteiger partial charge in [-0.2, -0.15) is 0 Å². The summed E-state index contributed by atoms with van der Waals surface area (Å²) >= 11 is 5.45. The average molecular weight is 158 g/mol. The summed E-state index contributed by atoms with van der Waals surface area (Å²) in [6.07, 6.45) is 1.43. The summed E-state index contributed by atoms with van der Waals surface area (Å²) in [5.41, 5.74) is -0.132. The van der Waals surface area contributed by atoms with Crippen LogP contribution in [0.4, 0.5) is 4.39 Å². The van der Waals surface area contributed by atoms with Gasteiger partial charge in [0.05, 0.1) is 5.56 Å². The lowest BCUT2D eigenvalue weighted by atomic mass is 10.2. The van der Waals surface area contributed by atoms with E-state index in [2.05, 4.69) is 0 Å². The topological polar surface area (TPSA) is 17.1 Å². The van der Waals surface area contributed by atoms with Crippen LogP contribution in [0.5, 0.6) is 0 Å². The Labute approximate surface area is 62.4 Å². The van der Waals surface area contributed by atoms with Crippen molar-refractivity contribution in [1.82, 2.24) is 0 Å². The molecule has 3 heteroatoms. The highest BCUT2D eigenvalue weighted by atomic mass is 35.5. The summed E-state index contributed by atoms with van der Waals surface area (Å²) in [6, 6.07) is 3.73. The summed E-state index contributed by atoms with van der Waals surface area (Å²) in [4.78, 5) is 9.96. The van der Waals surface area contributed by atoms with Gasteiger partial charge in [0, 0.05) is 5.02 Å². The summed E-state index contributed by atoms with van der Waals surface area (Å²) in [7, 11) is 0. The molecule has 0 saturated carbocycles. The first-order valence-electron chi connectivity index (χ1n) is 2.57. The van der Waals surface area contributed by atoms with Crippen molar-refractivity contribution in [2.24, 2.45) is 0 Å². The molecule has 0 aromatic heterocycles. The lowest BCUT2D eigenvalue weighted by molar-refractivity contribution is 0.556. The minimum atomic E-state index is -0.598. The Kier molecular flexibility index (Phi) is 2.02. The van der Waals surface area contributed by atoms with Crippen molar-refractivity contribution in [2.45, 2.75) is 0 Å². The normalized spacial score (nSPS) is 9.40. The van der Waals surface area contributed by atoms with Crippen LogP contribution in [-0.4, -0.2) is 6.29 Å². The molecule has 0 aliphatic carbocycles. The second-order valence-electron chi connectivity index (χ2n) is 1.73. The summed E-state index contributed by atoms with van der Waals surface area (Å²) < 4.78 is 12.4. The quantitative estimate of drug-likeness (QED) is 0.609. The molecular formula is C7H3ClFO. The molecule has 0 N–H and O–H groups in total. The number of hydrogen-bond donors (Lipinski definition) is 0. The van der Waals surface area contributed by atoms with Crippen LogP contribution in [0.1, 0.15) is 5.56 Å². The average Bonchev–Trinajstić information content (AvgIpc) is 1.94. The maximum atomic E-state index is 12.4. The van der Waals surface area contributed by atoms with Crippen molar-refractivity contribution in [3.05, 3.63) is 34.6 Å². The van der Waals surface area contributed by atoms with Gasteiger partial charge in [0.2, 0.25) is 6.29 Å². The fraction of sp³-hybridized carbons (Fsp3) is 0. The Balaban J connectivity index is 3.21. The molecule has 0 saturated heterocycles. The van der Waals surface area contributed by atoms with Crippen molar-refractivity contribution in [1.29, 1.82) is 0 Å². The molecule has 51 valence electrons. The fourth-order valence-electron chi connectivity index (χ4n) is 0.576. The van der Waals surface area contributed by atoms with E-state index in [4.69, 9.17) is 11.6 Å². The van der Waals surface area contributed by atoms with Crippen LogP contribution in [-0.2, 0) is 4.79 Å². The molecule has 0 fully saturated rings. The monoisotopic (exact) mass is 157 g/mol. The predicted molar refractivity (Wildman–Crippen MR) is 36.2 cm³/mol. The summed E-state index contributed by atoms with van der Waals surface area (Å²) in [5, 5.41) is 0.333. The molecule has 10 heavy (non-hydrogen) atoms. The molecule has 0 atom stereocenters. The molecule has 1 radical (unpaired) electrons. The molecule has 1 rings (SSSR count). The molecule has 0 aliphatic heterocycles. The van der Waals surface area contributed by atoms with E-state index in [-0.39, 0.29) is 5.56 Å². The van der Waals surface area contributed by atoms with Crippen LogP contribution in [0.2, 0.25) is 5.02 Å². The zero-order valence-electron chi connectivity index (χ0n) is 4.90. The molecule has 0 spiro atoms. The third kappa shape index (κ3) is 1.33. The molecule has 1 aromatic rings. The van der Waals surface area contributed by atoms with Crippen molar-refractivity contribution in [2.75, 3.05) is 0 Å². The van der Waals surface area contributed by atoms with Gasteiger partial charge in [-0.15, -0.1) is 0 Å². The van der Waals surface area contributed by atoms with Gasteiger partial charge in [-0.3, -0.25) is 4.79 Å². The van der Waals surface area contributed by atoms with Crippen molar-refractivity contribution >= 4 is 17.9 Å². The van der Waals surface area contributed by atoms with Crippen molar-refractivity contribution in [3.63, 3.8) is 0 Å². The minimum absolute atomic E-state index is 0.132. The van der Waals surface area contributed by atoms with E-state index < -0.39 is 5.82 Å². The Morgan fingerprint density at radius 3 is 2.70 bits per heavy atom. The van der Waals surface area contributed by atoms with Gasteiger partial charge in [0.25, 0.3) is 0 Å². The number of halogens is 2. The summed E-state index contributed by atoms with van der Waals surface area (Å²) in [6.45, 7) is 0. The smallest absolute Gasteiger partial charge is 0.236 e. The number of carbonyl (C=O) groups excluding carboxylic acids is 1. The number of rotatable bonds is 1. The van der Waals surface area contributed by atoms with E-state index in [1.165, 1.54) is 18.4 Å². The Morgan fingerprint density at radius 2 is 2.20 bits per heavy atom. The predicted octanol–water partition coefficient (Wildman–Crippen LogP) is 1.94. The van der Waals surface area contributed by atoms with Crippen molar-refractivity contribution < 1.29 is 9.18 Å². The number of benzene rings is 1. The van der Waals surface area contributed by atoms with E-state index >= 15 is 0 Å². The van der Waals surface area contributed by atoms with Crippen LogP contribution in [0, 0.1) is 5.82 Å². The van der Waals surface area contributed by atoms with Crippen LogP contribution in [0.3, 0.4) is 0 Å². The minimum Gasteiger partial charge on any atom is -0.285 e. The summed E-state index contributed by atoms with van der Waals surface area (Å²) in [5.74, 6) is -0.598. The van der Waals surface area contributed by atoms with Gasteiger partial charge in [0.1, 0.15) is 5.82 Å². The Bertz CT molecular complexity index is 260. The van der Waals surface area contributed by atoms with E-state index in [0.717, 1.165) is 6.07 Å². The number of hydrogen-bond acceptors (Lipinski definition) is 1. The first-order chi connectivity index (χ1) is 4.74. The molecule has 1 aromatic carbocycles. The van der Waals surface area contributed by atoms with E-state index in [9.17, 15) is 9.18 Å². The Morgan fingerprint density at radius 1 is 1.50 bits per heavy atom. The van der Waals surface area contributed by atoms with Crippen LogP contribution in [0.15, 0.2) is 18.2 Å². The molecule has 0 unspecified atom stereocenters. The lowest BCUT2D eigenvalue weighted by Gasteiger charge is -1.91. The molecular weight excluding hydrogens is 155 g/mol. The highest BCUT2D eigenvalue weighted by molar-refractivity contribution is 6.30. The molecule has 0 heterocycles. The van der Waals surface area contributed by atoms with E-state index in [1.54, 1.807) is 0 Å². The standard InChI is InChI=1S/C7H3ClFO/c8-6-1-2-7(9)5(3-6)4-10/h1-3H. The van der Waals surface area contributed by atoms with Crippen LogP contribution >= 0.6 is 11.6 Å². The first-order valence-corrected chi connectivity index (χ1v) is 2.95. The fourth-order valence-corrected chi connectivity index (χ4v) is 0.748. The molecule has 0 aliphatic rings. The highest BCUT2D eigenvalue weighted by Gasteiger charge is 2.00. The molecule has 1 nitrogen and oxygen atoms in total. The third-order valence-corrected chi connectivity index (χ3v) is 1.27. The Hall–Kier alpha value is -0.890. The maximum Gasteiger partial charge on any atom is 0.236 e. The van der Waals surface area contributed by atoms with Gasteiger partial charge in [-0.25, -0.2) is 4.39 Å². The molecule has 0 amide bonds. The second kappa shape index (κ2) is 2.80. The van der Waals surface area contributed by atoms with Crippen molar-refractivity contribution in [3.8, 4) is 0 Å². The van der Waals surface area contributed by atoms with Gasteiger partial charge >= 0.3 is 0 Å². The van der Waals surface area contributed by atoms with Gasteiger partial charge in [-0.05, 0) is 18.2 Å². The van der Waals surface area contributed by atoms with Gasteiger partial charge < -0.3 is 0 Å².